The highest BCUT2D eigenvalue weighted by Gasteiger charge is 2.08. The number of pyridine rings is 1. The van der Waals surface area contributed by atoms with Gasteiger partial charge in [-0.1, -0.05) is 19.8 Å². The fourth-order valence-electron chi connectivity index (χ4n) is 1.68. The second-order valence-electron chi connectivity index (χ2n) is 5.19. The number of rotatable bonds is 8. The number of hydrogen-bond acceptors (Lipinski definition) is 4. The molecular weight excluding hydrogens is 266 g/mol. The van der Waals surface area contributed by atoms with Crippen LogP contribution in [0, 0.1) is 25.2 Å². The van der Waals surface area contributed by atoms with Gasteiger partial charge in [0.05, 0.1) is 12.2 Å². The highest BCUT2D eigenvalue weighted by molar-refractivity contribution is 5.77. The van der Waals surface area contributed by atoms with E-state index in [1.54, 1.807) is 0 Å². The van der Waals surface area contributed by atoms with Crippen LogP contribution in [0.15, 0.2) is 12.1 Å². The van der Waals surface area contributed by atoms with Crippen molar-refractivity contribution in [1.29, 1.82) is 0 Å². The van der Waals surface area contributed by atoms with Crippen molar-refractivity contribution in [2.24, 2.45) is 5.92 Å². The third-order valence-electron chi connectivity index (χ3n) is 2.66. The Morgan fingerprint density at radius 1 is 1.48 bits per heavy atom. The van der Waals surface area contributed by atoms with Crippen molar-refractivity contribution in [3.05, 3.63) is 23.5 Å². The molecule has 0 aliphatic rings. The van der Waals surface area contributed by atoms with Crippen molar-refractivity contribution in [2.75, 3.05) is 19.7 Å². The van der Waals surface area contributed by atoms with Crippen molar-refractivity contribution in [3.63, 3.8) is 0 Å². The van der Waals surface area contributed by atoms with Gasteiger partial charge in [0.1, 0.15) is 5.75 Å². The molecule has 0 aliphatic heterocycles. The Bertz CT molecular complexity index is 507. The molecule has 5 heteroatoms. The molecule has 0 spiro atoms. The molecule has 0 unspecified atom stereocenters. The molecule has 21 heavy (non-hydrogen) atoms. The molecule has 114 valence electrons. The molecule has 0 aromatic carbocycles. The van der Waals surface area contributed by atoms with Gasteiger partial charge in [0.25, 0.3) is 5.91 Å². The topological polar surface area (TPSA) is 63.2 Å². The van der Waals surface area contributed by atoms with Crippen LogP contribution in [0.3, 0.4) is 0 Å². The molecule has 2 N–H and O–H groups in total. The molecule has 1 aromatic heterocycles. The molecule has 1 rings (SSSR count). The summed E-state index contributed by atoms with van der Waals surface area (Å²) >= 11 is 0. The number of aromatic nitrogens is 1. The SMILES string of the molecule is C#CCNC(=O)COc1ccc(C)nc1CNCC(C)C. The Hall–Kier alpha value is -2.06. The van der Waals surface area contributed by atoms with Crippen LogP contribution in [0.5, 0.6) is 5.75 Å². The van der Waals surface area contributed by atoms with E-state index < -0.39 is 0 Å². The Balaban J connectivity index is 2.60. The highest BCUT2D eigenvalue weighted by atomic mass is 16.5. The van der Waals surface area contributed by atoms with Gasteiger partial charge in [-0.3, -0.25) is 9.78 Å². The highest BCUT2D eigenvalue weighted by Crippen LogP contribution is 2.16. The molecule has 0 aliphatic carbocycles. The summed E-state index contributed by atoms with van der Waals surface area (Å²) in [6.07, 6.45) is 5.08. The number of carbonyl (C=O) groups excluding carboxylic acids is 1. The third kappa shape index (κ3) is 6.77. The maximum atomic E-state index is 11.5. The summed E-state index contributed by atoms with van der Waals surface area (Å²) in [6.45, 7) is 7.86. The Morgan fingerprint density at radius 3 is 2.90 bits per heavy atom. The summed E-state index contributed by atoms with van der Waals surface area (Å²) in [5, 5.41) is 5.88. The van der Waals surface area contributed by atoms with E-state index >= 15 is 0 Å². The summed E-state index contributed by atoms with van der Waals surface area (Å²) < 4.78 is 5.53. The quantitative estimate of drug-likeness (QED) is 0.707. The van der Waals surface area contributed by atoms with Crippen molar-refractivity contribution in [2.45, 2.75) is 27.3 Å². The molecule has 0 fully saturated rings. The van der Waals surface area contributed by atoms with Gasteiger partial charge in [0, 0.05) is 12.2 Å². The molecule has 1 heterocycles. The fourth-order valence-corrected chi connectivity index (χ4v) is 1.68. The monoisotopic (exact) mass is 289 g/mol. The Labute approximate surface area is 126 Å². The number of nitrogens with zero attached hydrogens (tertiary/aromatic N) is 1. The van der Waals surface area contributed by atoms with Crippen molar-refractivity contribution in [3.8, 4) is 18.1 Å². The van der Waals surface area contributed by atoms with Crippen molar-refractivity contribution < 1.29 is 9.53 Å². The zero-order valence-electron chi connectivity index (χ0n) is 12.9. The van der Waals surface area contributed by atoms with E-state index in [4.69, 9.17) is 11.2 Å². The predicted molar refractivity (Wildman–Crippen MR) is 82.9 cm³/mol. The van der Waals surface area contributed by atoms with E-state index in [0.29, 0.717) is 18.2 Å². The van der Waals surface area contributed by atoms with Crippen LogP contribution >= 0.6 is 0 Å². The first kappa shape index (κ1) is 17.0. The minimum Gasteiger partial charge on any atom is -0.482 e. The summed E-state index contributed by atoms with van der Waals surface area (Å²) in [5.41, 5.74) is 1.72. The number of carbonyl (C=O) groups is 1. The minimum atomic E-state index is -0.241. The van der Waals surface area contributed by atoms with Gasteiger partial charge in [-0.15, -0.1) is 6.42 Å². The lowest BCUT2D eigenvalue weighted by Crippen LogP contribution is -2.29. The molecule has 0 saturated carbocycles. The van der Waals surface area contributed by atoms with Gasteiger partial charge in [0.2, 0.25) is 0 Å². The van der Waals surface area contributed by atoms with Crippen LogP contribution in [0.2, 0.25) is 0 Å². The largest absolute Gasteiger partial charge is 0.482 e. The number of aryl methyl sites for hydroxylation is 1. The maximum absolute atomic E-state index is 11.5. The van der Waals surface area contributed by atoms with Gasteiger partial charge in [-0.05, 0) is 31.5 Å². The van der Waals surface area contributed by atoms with Crippen LogP contribution in [0.1, 0.15) is 25.2 Å². The van der Waals surface area contributed by atoms with E-state index in [-0.39, 0.29) is 19.1 Å². The summed E-state index contributed by atoms with van der Waals surface area (Å²) in [6, 6.07) is 3.70. The average Bonchev–Trinajstić information content (AvgIpc) is 2.43. The molecule has 0 saturated heterocycles. The number of amides is 1. The third-order valence-corrected chi connectivity index (χ3v) is 2.66. The summed E-state index contributed by atoms with van der Waals surface area (Å²) in [7, 11) is 0. The maximum Gasteiger partial charge on any atom is 0.258 e. The first-order valence-electron chi connectivity index (χ1n) is 7.03. The van der Waals surface area contributed by atoms with E-state index in [2.05, 4.69) is 35.4 Å². The average molecular weight is 289 g/mol. The zero-order chi connectivity index (χ0) is 15.7. The lowest BCUT2D eigenvalue weighted by atomic mass is 10.2. The number of terminal acetylenes is 1. The second kappa shape index (κ2) is 8.98. The molecule has 1 aromatic rings. The normalized spacial score (nSPS) is 10.2. The molecule has 1 amide bonds. The smallest absolute Gasteiger partial charge is 0.258 e. The number of ether oxygens (including phenoxy) is 1. The number of nitrogens with one attached hydrogen (secondary N) is 2. The predicted octanol–water partition coefficient (Wildman–Crippen LogP) is 1.26. The molecule has 0 bridgehead atoms. The zero-order valence-corrected chi connectivity index (χ0v) is 12.9. The lowest BCUT2D eigenvalue weighted by molar-refractivity contribution is -0.122. The van der Waals surface area contributed by atoms with Crippen molar-refractivity contribution >= 4 is 5.91 Å². The van der Waals surface area contributed by atoms with Gasteiger partial charge in [-0.2, -0.15) is 0 Å². The van der Waals surface area contributed by atoms with Crippen LogP contribution in [-0.4, -0.2) is 30.6 Å². The lowest BCUT2D eigenvalue weighted by Gasteiger charge is -2.13. The van der Waals surface area contributed by atoms with Gasteiger partial charge < -0.3 is 15.4 Å². The van der Waals surface area contributed by atoms with Crippen molar-refractivity contribution in [1.82, 2.24) is 15.6 Å². The first-order chi connectivity index (χ1) is 10.0. The van der Waals surface area contributed by atoms with Gasteiger partial charge in [0.15, 0.2) is 6.61 Å². The van der Waals surface area contributed by atoms with E-state index in [1.807, 2.05) is 19.1 Å². The molecule has 0 radical (unpaired) electrons. The standard InChI is InChI=1S/C16H23N3O2/c1-5-8-18-16(20)11-21-15-7-6-13(4)19-14(15)10-17-9-12(2)3/h1,6-7,12,17H,8-11H2,2-4H3,(H,18,20). The summed E-state index contributed by atoms with van der Waals surface area (Å²) in [4.78, 5) is 15.9. The number of hydrogen-bond donors (Lipinski definition) is 2. The molecule has 0 atom stereocenters. The van der Waals surface area contributed by atoms with Crippen LogP contribution in [0.4, 0.5) is 0 Å². The minimum absolute atomic E-state index is 0.0659. The van der Waals surface area contributed by atoms with Crippen LogP contribution in [0.25, 0.3) is 0 Å². The van der Waals surface area contributed by atoms with E-state index in [9.17, 15) is 4.79 Å². The van der Waals surface area contributed by atoms with Crippen LogP contribution < -0.4 is 15.4 Å². The molecule has 5 nitrogen and oxygen atoms in total. The first-order valence-corrected chi connectivity index (χ1v) is 7.03. The Kier molecular flexibility index (Phi) is 7.27. The molecular formula is C16H23N3O2. The fraction of sp³-hybridized carbons (Fsp3) is 0.500. The second-order valence-corrected chi connectivity index (χ2v) is 5.19. The van der Waals surface area contributed by atoms with Crippen LogP contribution in [-0.2, 0) is 11.3 Å². The summed E-state index contributed by atoms with van der Waals surface area (Å²) in [5.74, 6) is 3.29. The van der Waals surface area contributed by atoms with E-state index in [1.165, 1.54) is 0 Å². The van der Waals surface area contributed by atoms with Gasteiger partial charge in [-0.25, -0.2) is 0 Å². The Morgan fingerprint density at radius 2 is 2.24 bits per heavy atom. The van der Waals surface area contributed by atoms with Gasteiger partial charge >= 0.3 is 0 Å². The van der Waals surface area contributed by atoms with E-state index in [0.717, 1.165) is 17.9 Å².